The number of likely N-dealkylation sites (tertiary alicyclic amines) is 1. The summed E-state index contributed by atoms with van der Waals surface area (Å²) < 4.78 is 11.6. The van der Waals surface area contributed by atoms with Crippen molar-refractivity contribution in [2.75, 3.05) is 20.2 Å². The summed E-state index contributed by atoms with van der Waals surface area (Å²) in [7, 11) is 2.13. The van der Waals surface area contributed by atoms with Gasteiger partial charge in [0, 0.05) is 12.1 Å². The van der Waals surface area contributed by atoms with E-state index in [-0.39, 0.29) is 11.9 Å². The van der Waals surface area contributed by atoms with Crippen LogP contribution in [0.3, 0.4) is 0 Å². The lowest BCUT2D eigenvalue weighted by atomic mass is 10.1. The molecule has 1 saturated heterocycles. The third-order valence-electron chi connectivity index (χ3n) is 3.61. The highest BCUT2D eigenvalue weighted by Crippen LogP contribution is 2.36. The first-order chi connectivity index (χ1) is 8.24. The lowest BCUT2D eigenvalue weighted by molar-refractivity contribution is 0.0367. The van der Waals surface area contributed by atoms with Crippen LogP contribution in [0.25, 0.3) is 0 Å². The fraction of sp³-hybridized carbons (Fsp3) is 0.538. The van der Waals surface area contributed by atoms with E-state index in [1.165, 1.54) is 6.42 Å². The Bertz CT molecular complexity index is 421. The highest BCUT2D eigenvalue weighted by molar-refractivity contribution is 5.46. The number of aromatic hydroxyl groups is 1. The molecule has 0 aromatic heterocycles. The molecule has 2 heterocycles. The van der Waals surface area contributed by atoms with Crippen molar-refractivity contribution < 1.29 is 14.6 Å². The molecule has 17 heavy (non-hydrogen) atoms. The number of phenolic OH excluding ortho intramolecular Hbond substituents is 1. The van der Waals surface area contributed by atoms with Gasteiger partial charge in [0.15, 0.2) is 11.5 Å². The second-order valence-electron chi connectivity index (χ2n) is 4.79. The van der Waals surface area contributed by atoms with Crippen molar-refractivity contribution in [3.8, 4) is 17.2 Å². The third kappa shape index (κ3) is 1.93. The lowest BCUT2D eigenvalue weighted by Crippen LogP contribution is -2.45. The minimum absolute atomic E-state index is 0.0968. The van der Waals surface area contributed by atoms with E-state index in [1.54, 1.807) is 18.2 Å². The molecule has 3 rings (SSSR count). The first kappa shape index (κ1) is 10.7. The molecule has 1 aromatic carbocycles. The summed E-state index contributed by atoms with van der Waals surface area (Å²) in [4.78, 5) is 2.33. The Hall–Kier alpha value is -1.42. The van der Waals surface area contributed by atoms with Crippen LogP contribution in [-0.2, 0) is 0 Å². The van der Waals surface area contributed by atoms with Gasteiger partial charge in [0.2, 0.25) is 0 Å². The number of benzene rings is 1. The van der Waals surface area contributed by atoms with Gasteiger partial charge in [0.05, 0.1) is 0 Å². The number of fused-ring (bicyclic) bond motifs is 1. The SMILES string of the molecule is CN1CCC[C@H]1[C@H]1COc2cc(O)ccc2O1. The summed E-state index contributed by atoms with van der Waals surface area (Å²) in [6.07, 6.45) is 2.49. The van der Waals surface area contributed by atoms with Crippen molar-refractivity contribution >= 4 is 0 Å². The van der Waals surface area contributed by atoms with Crippen LogP contribution in [0.5, 0.6) is 17.2 Å². The molecule has 0 amide bonds. The first-order valence-electron chi connectivity index (χ1n) is 6.07. The molecule has 1 aromatic rings. The average molecular weight is 235 g/mol. The Labute approximate surface area is 101 Å². The molecule has 2 aliphatic heterocycles. The number of phenols is 1. The zero-order valence-electron chi connectivity index (χ0n) is 9.93. The number of hydrogen-bond acceptors (Lipinski definition) is 4. The van der Waals surface area contributed by atoms with Gasteiger partial charge in [0.1, 0.15) is 18.5 Å². The zero-order chi connectivity index (χ0) is 11.8. The number of rotatable bonds is 1. The quantitative estimate of drug-likeness (QED) is 0.803. The van der Waals surface area contributed by atoms with Crippen LogP contribution in [0.4, 0.5) is 0 Å². The van der Waals surface area contributed by atoms with Gasteiger partial charge in [0.25, 0.3) is 0 Å². The van der Waals surface area contributed by atoms with Crippen molar-refractivity contribution in [1.82, 2.24) is 4.90 Å². The predicted molar refractivity (Wildman–Crippen MR) is 63.7 cm³/mol. The van der Waals surface area contributed by atoms with E-state index in [2.05, 4.69) is 11.9 Å². The van der Waals surface area contributed by atoms with Gasteiger partial charge in [-0.25, -0.2) is 0 Å². The number of ether oxygens (including phenoxy) is 2. The van der Waals surface area contributed by atoms with Crippen molar-refractivity contribution in [2.24, 2.45) is 0 Å². The molecule has 92 valence electrons. The lowest BCUT2D eigenvalue weighted by Gasteiger charge is -2.33. The third-order valence-corrected chi connectivity index (χ3v) is 3.61. The van der Waals surface area contributed by atoms with Gasteiger partial charge in [-0.15, -0.1) is 0 Å². The molecule has 0 aliphatic carbocycles. The molecule has 2 atom stereocenters. The number of hydrogen-bond donors (Lipinski definition) is 1. The number of nitrogens with zero attached hydrogens (tertiary/aromatic N) is 1. The molecular weight excluding hydrogens is 218 g/mol. The van der Waals surface area contributed by atoms with Gasteiger partial charge in [-0.2, -0.15) is 0 Å². The maximum atomic E-state index is 9.36. The smallest absolute Gasteiger partial charge is 0.165 e. The number of likely N-dealkylation sites (N-methyl/N-ethyl adjacent to an activating group) is 1. The Morgan fingerprint density at radius 2 is 2.24 bits per heavy atom. The average Bonchev–Trinajstić information content (AvgIpc) is 2.75. The van der Waals surface area contributed by atoms with Crippen LogP contribution in [0.15, 0.2) is 18.2 Å². The van der Waals surface area contributed by atoms with Gasteiger partial charge in [-0.1, -0.05) is 0 Å². The first-order valence-corrected chi connectivity index (χ1v) is 6.07. The summed E-state index contributed by atoms with van der Waals surface area (Å²) in [5.41, 5.74) is 0. The van der Waals surface area contributed by atoms with Crippen LogP contribution in [-0.4, -0.2) is 42.4 Å². The highest BCUT2D eigenvalue weighted by Gasteiger charge is 2.34. The van der Waals surface area contributed by atoms with Crippen LogP contribution in [0.2, 0.25) is 0 Å². The predicted octanol–water partition coefficient (Wildman–Crippen LogP) is 1.63. The summed E-state index contributed by atoms with van der Waals surface area (Å²) in [6.45, 7) is 1.69. The van der Waals surface area contributed by atoms with Crippen LogP contribution in [0.1, 0.15) is 12.8 Å². The van der Waals surface area contributed by atoms with E-state index >= 15 is 0 Å². The normalized spacial score (nSPS) is 28.3. The van der Waals surface area contributed by atoms with Gasteiger partial charge in [-0.3, -0.25) is 4.90 Å². The minimum atomic E-state index is 0.0968. The van der Waals surface area contributed by atoms with Gasteiger partial charge < -0.3 is 14.6 Å². The van der Waals surface area contributed by atoms with Crippen LogP contribution < -0.4 is 9.47 Å². The van der Waals surface area contributed by atoms with Crippen molar-refractivity contribution in [3.63, 3.8) is 0 Å². The molecule has 1 N–H and O–H groups in total. The topological polar surface area (TPSA) is 41.9 Å². The molecule has 4 heteroatoms. The molecule has 0 unspecified atom stereocenters. The fourth-order valence-electron chi connectivity index (χ4n) is 2.67. The van der Waals surface area contributed by atoms with Crippen LogP contribution >= 0.6 is 0 Å². The van der Waals surface area contributed by atoms with E-state index in [4.69, 9.17) is 9.47 Å². The van der Waals surface area contributed by atoms with Crippen molar-refractivity contribution in [1.29, 1.82) is 0 Å². The monoisotopic (exact) mass is 235 g/mol. The molecule has 1 fully saturated rings. The molecule has 4 nitrogen and oxygen atoms in total. The molecule has 0 bridgehead atoms. The summed E-state index contributed by atoms with van der Waals surface area (Å²) in [6, 6.07) is 5.44. The molecular formula is C13H17NO3. The molecule has 2 aliphatic rings. The fourth-order valence-corrected chi connectivity index (χ4v) is 2.67. The maximum absolute atomic E-state index is 9.36. The summed E-state index contributed by atoms with van der Waals surface area (Å²) in [5.74, 6) is 1.59. The van der Waals surface area contributed by atoms with Crippen molar-refractivity contribution in [2.45, 2.75) is 25.0 Å². The molecule has 0 radical (unpaired) electrons. The molecule has 0 spiro atoms. The van der Waals surface area contributed by atoms with E-state index in [9.17, 15) is 5.11 Å². The Kier molecular flexibility index (Phi) is 2.59. The molecule has 0 saturated carbocycles. The van der Waals surface area contributed by atoms with Crippen LogP contribution in [0, 0.1) is 0 Å². The van der Waals surface area contributed by atoms with Crippen molar-refractivity contribution in [3.05, 3.63) is 18.2 Å². The van der Waals surface area contributed by atoms with E-state index in [0.717, 1.165) is 18.7 Å². The Balaban J connectivity index is 1.78. The second kappa shape index (κ2) is 4.11. The standard InChI is InChI=1S/C13H17NO3/c1-14-6-2-3-10(14)13-8-16-12-7-9(15)4-5-11(12)17-13/h4-5,7,10,13,15H,2-3,6,8H2,1H3/t10-,13+/m0/s1. The van der Waals surface area contributed by atoms with E-state index < -0.39 is 0 Å². The van der Waals surface area contributed by atoms with Gasteiger partial charge in [-0.05, 0) is 38.6 Å². The maximum Gasteiger partial charge on any atom is 0.165 e. The van der Waals surface area contributed by atoms with E-state index in [0.29, 0.717) is 18.4 Å². The Morgan fingerprint density at radius 1 is 1.35 bits per heavy atom. The zero-order valence-corrected chi connectivity index (χ0v) is 9.93. The van der Waals surface area contributed by atoms with E-state index in [1.807, 2.05) is 0 Å². The summed E-state index contributed by atoms with van der Waals surface area (Å²) >= 11 is 0. The Morgan fingerprint density at radius 3 is 3.00 bits per heavy atom. The second-order valence-corrected chi connectivity index (χ2v) is 4.79. The highest BCUT2D eigenvalue weighted by atomic mass is 16.6. The minimum Gasteiger partial charge on any atom is -0.508 e. The van der Waals surface area contributed by atoms with Gasteiger partial charge >= 0.3 is 0 Å². The largest absolute Gasteiger partial charge is 0.508 e. The summed E-state index contributed by atoms with van der Waals surface area (Å²) in [5, 5.41) is 9.36.